The first kappa shape index (κ1) is 13.6. The molecule has 1 N–H and O–H groups in total. The third kappa shape index (κ3) is 4.92. The number of rotatable bonds is 6. The zero-order valence-corrected chi connectivity index (χ0v) is 10.5. The molecular weight excluding hydrogens is 244 g/mol. The Morgan fingerprint density at radius 1 is 1.53 bits per heavy atom. The molecule has 0 saturated heterocycles. The summed E-state index contributed by atoms with van der Waals surface area (Å²) in [4.78, 5) is 27.4. The predicted molar refractivity (Wildman–Crippen MR) is 61.8 cm³/mol. The topological polar surface area (TPSA) is 79.7 Å². The highest BCUT2D eigenvalue weighted by Crippen LogP contribution is 2.09. The van der Waals surface area contributed by atoms with Gasteiger partial charge in [0, 0.05) is 12.4 Å². The number of likely N-dealkylation sites (N-methyl/N-ethyl adjacent to an activating group) is 1. The minimum Gasteiger partial charge on any atom is -0.480 e. The largest absolute Gasteiger partial charge is 0.480 e. The van der Waals surface area contributed by atoms with Crippen molar-refractivity contribution in [3.8, 4) is 0 Å². The number of ether oxygens (including phenoxy) is 1. The van der Waals surface area contributed by atoms with Crippen LogP contribution < -0.4 is 0 Å². The van der Waals surface area contributed by atoms with E-state index in [1.165, 1.54) is 16.2 Å². The molecule has 0 aromatic carbocycles. The van der Waals surface area contributed by atoms with Gasteiger partial charge in [-0.15, -0.1) is 11.3 Å². The van der Waals surface area contributed by atoms with E-state index in [-0.39, 0.29) is 12.5 Å². The van der Waals surface area contributed by atoms with Gasteiger partial charge < -0.3 is 14.7 Å². The number of hydrogen-bond acceptors (Lipinski definition) is 5. The van der Waals surface area contributed by atoms with E-state index in [4.69, 9.17) is 9.84 Å². The van der Waals surface area contributed by atoms with Crippen LogP contribution in [0.4, 0.5) is 0 Å². The minimum absolute atomic E-state index is 0.230. The van der Waals surface area contributed by atoms with Crippen LogP contribution in [-0.4, -0.2) is 47.1 Å². The number of aromatic nitrogens is 1. The molecule has 94 valence electrons. The van der Waals surface area contributed by atoms with E-state index in [0.717, 1.165) is 10.7 Å². The molecule has 0 atom stereocenters. The average molecular weight is 258 g/mol. The van der Waals surface area contributed by atoms with Gasteiger partial charge >= 0.3 is 5.97 Å². The quantitative estimate of drug-likeness (QED) is 0.804. The van der Waals surface area contributed by atoms with Crippen LogP contribution in [0.15, 0.2) is 5.38 Å². The molecule has 1 aromatic heterocycles. The van der Waals surface area contributed by atoms with E-state index >= 15 is 0 Å². The highest BCUT2D eigenvalue weighted by Gasteiger charge is 2.11. The Balaban J connectivity index is 2.34. The van der Waals surface area contributed by atoms with Crippen LogP contribution in [0, 0.1) is 6.92 Å². The lowest BCUT2D eigenvalue weighted by Crippen LogP contribution is -2.30. The zero-order valence-electron chi connectivity index (χ0n) is 9.67. The van der Waals surface area contributed by atoms with Crippen LogP contribution in [0.25, 0.3) is 0 Å². The molecule has 0 spiro atoms. The summed E-state index contributed by atoms with van der Waals surface area (Å²) in [7, 11) is 1.63. The lowest BCUT2D eigenvalue weighted by atomic mass is 10.4. The Morgan fingerprint density at radius 2 is 2.24 bits per heavy atom. The maximum absolute atomic E-state index is 11.5. The first-order chi connectivity index (χ1) is 7.99. The van der Waals surface area contributed by atoms with Gasteiger partial charge in [0.2, 0.25) is 5.91 Å². The molecule has 0 aliphatic heterocycles. The third-order valence-electron chi connectivity index (χ3n) is 1.94. The number of aryl methyl sites for hydroxylation is 1. The van der Waals surface area contributed by atoms with Crippen molar-refractivity contribution < 1.29 is 19.4 Å². The molecule has 0 fully saturated rings. The summed E-state index contributed by atoms with van der Waals surface area (Å²) in [5.41, 5.74) is 0.821. The summed E-state index contributed by atoms with van der Waals surface area (Å²) < 4.78 is 4.71. The maximum atomic E-state index is 11.5. The standard InChI is InChI=1S/C10H14N2O4S/c1-7-11-8(6-17-7)3-12(2)9(13)4-16-5-10(14)15/h6H,3-5H2,1-2H3,(H,14,15). The molecule has 0 unspecified atom stereocenters. The van der Waals surface area contributed by atoms with Gasteiger partial charge in [-0.1, -0.05) is 0 Å². The van der Waals surface area contributed by atoms with Gasteiger partial charge in [0.05, 0.1) is 17.2 Å². The van der Waals surface area contributed by atoms with Crippen molar-refractivity contribution in [3.05, 3.63) is 16.1 Å². The van der Waals surface area contributed by atoms with Crippen molar-refractivity contribution in [2.24, 2.45) is 0 Å². The van der Waals surface area contributed by atoms with Gasteiger partial charge in [0.1, 0.15) is 13.2 Å². The van der Waals surface area contributed by atoms with Gasteiger partial charge in [-0.2, -0.15) is 0 Å². The predicted octanol–water partition coefficient (Wildman–Crippen LogP) is 0.511. The van der Waals surface area contributed by atoms with E-state index in [1.807, 2.05) is 12.3 Å². The molecular formula is C10H14N2O4S. The second kappa shape index (κ2) is 6.31. The number of carbonyl (C=O) groups excluding carboxylic acids is 1. The second-order valence-electron chi connectivity index (χ2n) is 3.49. The zero-order chi connectivity index (χ0) is 12.8. The Morgan fingerprint density at radius 3 is 2.76 bits per heavy atom. The molecule has 0 aliphatic rings. The van der Waals surface area contributed by atoms with Crippen LogP contribution in [0.3, 0.4) is 0 Å². The molecule has 17 heavy (non-hydrogen) atoms. The van der Waals surface area contributed by atoms with Crippen LogP contribution in [-0.2, 0) is 20.9 Å². The summed E-state index contributed by atoms with van der Waals surface area (Å²) in [5, 5.41) is 11.2. The van der Waals surface area contributed by atoms with Crippen LogP contribution in [0.2, 0.25) is 0 Å². The van der Waals surface area contributed by atoms with E-state index in [0.29, 0.717) is 6.54 Å². The van der Waals surface area contributed by atoms with Crippen molar-refractivity contribution in [3.63, 3.8) is 0 Å². The summed E-state index contributed by atoms with van der Waals surface area (Å²) in [6, 6.07) is 0. The van der Waals surface area contributed by atoms with E-state index in [9.17, 15) is 9.59 Å². The lowest BCUT2D eigenvalue weighted by molar-refractivity contribution is -0.145. The Bertz CT molecular complexity index is 405. The number of thiazole rings is 1. The molecule has 1 rings (SSSR count). The van der Waals surface area contributed by atoms with Crippen molar-refractivity contribution in [1.29, 1.82) is 0 Å². The summed E-state index contributed by atoms with van der Waals surface area (Å²) >= 11 is 1.52. The van der Waals surface area contributed by atoms with Crippen molar-refractivity contribution in [2.45, 2.75) is 13.5 Å². The highest BCUT2D eigenvalue weighted by atomic mass is 32.1. The van der Waals surface area contributed by atoms with Crippen LogP contribution in [0.1, 0.15) is 10.7 Å². The smallest absolute Gasteiger partial charge is 0.329 e. The summed E-state index contributed by atoms with van der Waals surface area (Å²) in [5.74, 6) is -1.35. The van der Waals surface area contributed by atoms with Crippen molar-refractivity contribution in [2.75, 3.05) is 20.3 Å². The second-order valence-corrected chi connectivity index (χ2v) is 4.56. The van der Waals surface area contributed by atoms with Crippen LogP contribution in [0.5, 0.6) is 0 Å². The number of carbonyl (C=O) groups is 2. The number of aliphatic carboxylic acids is 1. The van der Waals surface area contributed by atoms with Crippen molar-refractivity contribution >= 4 is 23.2 Å². The fourth-order valence-corrected chi connectivity index (χ4v) is 1.75. The SMILES string of the molecule is Cc1nc(CN(C)C(=O)COCC(=O)O)cs1. The molecule has 1 amide bonds. The highest BCUT2D eigenvalue weighted by molar-refractivity contribution is 7.09. The van der Waals surface area contributed by atoms with Crippen LogP contribution >= 0.6 is 11.3 Å². The molecule has 7 heteroatoms. The monoisotopic (exact) mass is 258 g/mol. The van der Waals surface area contributed by atoms with Crippen molar-refractivity contribution in [1.82, 2.24) is 9.88 Å². The average Bonchev–Trinajstić information content (AvgIpc) is 2.63. The fraction of sp³-hybridized carbons (Fsp3) is 0.500. The Kier molecular flexibility index (Phi) is 5.05. The van der Waals surface area contributed by atoms with Gasteiger partial charge in [0.25, 0.3) is 0 Å². The minimum atomic E-state index is -1.09. The summed E-state index contributed by atoms with van der Waals surface area (Å²) in [6.45, 7) is 1.60. The number of carboxylic acids is 1. The maximum Gasteiger partial charge on any atom is 0.329 e. The lowest BCUT2D eigenvalue weighted by Gasteiger charge is -2.15. The normalized spacial score (nSPS) is 10.2. The number of amides is 1. The molecule has 0 radical (unpaired) electrons. The first-order valence-electron chi connectivity index (χ1n) is 4.93. The number of hydrogen-bond donors (Lipinski definition) is 1. The van der Waals surface area contributed by atoms with Gasteiger partial charge in [-0.25, -0.2) is 9.78 Å². The molecule has 0 aliphatic carbocycles. The van der Waals surface area contributed by atoms with Gasteiger partial charge in [-0.3, -0.25) is 4.79 Å². The Labute approximate surface area is 103 Å². The fourth-order valence-electron chi connectivity index (χ4n) is 1.15. The molecule has 0 saturated carbocycles. The molecule has 1 heterocycles. The van der Waals surface area contributed by atoms with Gasteiger partial charge in [-0.05, 0) is 6.92 Å². The van der Waals surface area contributed by atoms with E-state index < -0.39 is 12.6 Å². The molecule has 6 nitrogen and oxygen atoms in total. The third-order valence-corrected chi connectivity index (χ3v) is 2.76. The summed E-state index contributed by atoms with van der Waals surface area (Å²) in [6.07, 6.45) is 0. The first-order valence-corrected chi connectivity index (χ1v) is 5.81. The van der Waals surface area contributed by atoms with E-state index in [2.05, 4.69) is 4.98 Å². The van der Waals surface area contributed by atoms with E-state index in [1.54, 1.807) is 7.05 Å². The Hall–Kier alpha value is -1.47. The number of nitrogens with zero attached hydrogens (tertiary/aromatic N) is 2. The van der Waals surface area contributed by atoms with Gasteiger partial charge in [0.15, 0.2) is 0 Å². The number of carboxylic acid groups (broad SMARTS) is 1. The molecule has 0 bridgehead atoms. The molecule has 1 aromatic rings.